The molecule has 0 amide bonds. The van der Waals surface area contributed by atoms with Crippen molar-refractivity contribution in [3.8, 4) is 11.1 Å². The fraction of sp³-hybridized carbons (Fsp3) is 0.571. The molecule has 3 heterocycles. The monoisotopic (exact) mass is 923 g/mol. The molecule has 2 N–H and O–H groups in total. The highest BCUT2D eigenvalue weighted by atomic mass is 35.5. The molecule has 9 heteroatoms. The van der Waals surface area contributed by atoms with Gasteiger partial charge in [-0.05, 0) is 158 Å². The normalized spacial score (nSPS) is 24.2. The fourth-order valence-corrected chi connectivity index (χ4v) is 10.6. The molecule has 354 valence electrons. The van der Waals surface area contributed by atoms with E-state index in [1.807, 2.05) is 18.2 Å². The highest BCUT2D eigenvalue weighted by Gasteiger charge is 2.52. The van der Waals surface area contributed by atoms with Gasteiger partial charge in [0.25, 0.3) is 0 Å². The molecular formula is C56H81BCl2N4O2. The zero-order valence-corrected chi connectivity index (χ0v) is 44.0. The maximum absolute atomic E-state index is 6.24. The van der Waals surface area contributed by atoms with Crippen LogP contribution in [0, 0.1) is 0 Å². The average Bonchev–Trinajstić information content (AvgIpc) is 3.47. The predicted molar refractivity (Wildman–Crippen MR) is 283 cm³/mol. The van der Waals surface area contributed by atoms with Crippen LogP contribution < -0.4 is 25.9 Å². The van der Waals surface area contributed by atoms with Gasteiger partial charge in [0.2, 0.25) is 0 Å². The lowest BCUT2D eigenvalue weighted by atomic mass is 9.61. The van der Waals surface area contributed by atoms with Crippen molar-refractivity contribution >= 4 is 48.0 Å². The molecule has 0 radical (unpaired) electrons. The summed E-state index contributed by atoms with van der Waals surface area (Å²) in [5, 5.41) is 7.77. The van der Waals surface area contributed by atoms with Crippen LogP contribution in [0.25, 0.3) is 11.1 Å². The van der Waals surface area contributed by atoms with Gasteiger partial charge in [0.05, 0.1) is 11.2 Å². The lowest BCUT2D eigenvalue weighted by Gasteiger charge is -2.42. The Bertz CT molecular complexity index is 2250. The third-order valence-electron chi connectivity index (χ3n) is 15.7. The Morgan fingerprint density at radius 2 is 0.954 bits per heavy atom. The number of fused-ring (bicyclic) bond motifs is 2. The molecule has 3 saturated heterocycles. The first-order valence-corrected chi connectivity index (χ1v) is 24.7. The number of nitrogens with zero attached hydrogens (tertiary/aromatic N) is 2. The third-order valence-corrected chi connectivity index (χ3v) is 15.9. The van der Waals surface area contributed by atoms with Crippen LogP contribution in [0.3, 0.4) is 0 Å². The molecule has 3 fully saturated rings. The average molecular weight is 924 g/mol. The van der Waals surface area contributed by atoms with E-state index in [-0.39, 0.29) is 52.4 Å². The molecule has 6 nitrogen and oxygen atoms in total. The van der Waals surface area contributed by atoms with Crippen LogP contribution in [-0.4, -0.2) is 69.7 Å². The summed E-state index contributed by atoms with van der Waals surface area (Å²) in [6.07, 6.45) is 4.99. The van der Waals surface area contributed by atoms with Crippen molar-refractivity contribution in [2.24, 2.45) is 0 Å². The topological polar surface area (TPSA) is 49.0 Å². The fourth-order valence-electron chi connectivity index (χ4n) is 10.4. The molecule has 0 bridgehead atoms. The van der Waals surface area contributed by atoms with Crippen LogP contribution in [0.2, 0.25) is 5.02 Å². The minimum Gasteiger partial charge on any atom is -0.399 e. The van der Waals surface area contributed by atoms with Crippen molar-refractivity contribution in [2.45, 2.75) is 168 Å². The summed E-state index contributed by atoms with van der Waals surface area (Å²) >= 11 is 5.96. The second kappa shape index (κ2) is 19.5. The first-order valence-electron chi connectivity index (χ1n) is 24.4. The number of halogens is 2. The molecule has 3 aliphatic heterocycles. The van der Waals surface area contributed by atoms with Gasteiger partial charge in [0.1, 0.15) is 0 Å². The molecule has 0 saturated carbocycles. The second-order valence-electron chi connectivity index (χ2n) is 23.3. The number of hydrogen-bond donors (Lipinski definition) is 2. The molecule has 4 aromatic rings. The Kier molecular flexibility index (Phi) is 15.4. The van der Waals surface area contributed by atoms with Crippen LogP contribution >= 0.6 is 24.0 Å². The van der Waals surface area contributed by atoms with Gasteiger partial charge in [-0.1, -0.05) is 122 Å². The largest absolute Gasteiger partial charge is 0.494 e. The SMILES string of the molecule is CC1(C)CCC(C)(C)c2cc(B3OC(C)(C)C(C)(C)O3)ccc21.C[C@@H]1CN(c2cccc(Cl)c2)CCN1.C[C@H]1CN(c2cccc(-c3ccc4c(c3)C(C)(C)CCC4(C)C)c2)CCN1.Cl. The smallest absolute Gasteiger partial charge is 0.399 e. The van der Waals surface area contributed by atoms with E-state index in [4.69, 9.17) is 20.9 Å². The number of hydrogen-bond acceptors (Lipinski definition) is 6. The number of rotatable bonds is 4. The summed E-state index contributed by atoms with van der Waals surface area (Å²) in [7, 11) is -0.272. The van der Waals surface area contributed by atoms with Gasteiger partial charge in [-0.2, -0.15) is 0 Å². The van der Waals surface area contributed by atoms with Gasteiger partial charge in [-0.25, -0.2) is 0 Å². The van der Waals surface area contributed by atoms with Gasteiger partial charge in [0.15, 0.2) is 0 Å². The first-order chi connectivity index (χ1) is 29.9. The van der Waals surface area contributed by atoms with Crippen LogP contribution in [0.15, 0.2) is 84.9 Å². The highest BCUT2D eigenvalue weighted by molar-refractivity contribution is 6.62. The van der Waals surface area contributed by atoms with Crippen LogP contribution in [0.1, 0.15) is 145 Å². The van der Waals surface area contributed by atoms with Gasteiger partial charge < -0.3 is 29.7 Å². The highest BCUT2D eigenvalue weighted by Crippen LogP contribution is 2.48. The maximum atomic E-state index is 6.24. The van der Waals surface area contributed by atoms with E-state index >= 15 is 0 Å². The van der Waals surface area contributed by atoms with Crippen molar-refractivity contribution in [2.75, 3.05) is 49.1 Å². The van der Waals surface area contributed by atoms with E-state index in [1.54, 1.807) is 0 Å². The molecule has 0 spiro atoms. The van der Waals surface area contributed by atoms with E-state index in [2.05, 4.69) is 184 Å². The summed E-state index contributed by atoms with van der Waals surface area (Å²) in [4.78, 5) is 4.88. The van der Waals surface area contributed by atoms with Crippen molar-refractivity contribution < 1.29 is 9.31 Å². The standard InChI is InChI=1S/C25H34N2.C20H31BO2.C11H15ClN2.ClH/c1-18-17-27(14-13-26-18)21-8-6-7-19(15-21)20-9-10-22-23(16-20)25(4,5)12-11-24(22,2)3;1-17(2)11-12-18(3,4)16-13-14(9-10-15(16)17)21-22-19(5,6)20(7,8)23-21;1-9-8-14(6-5-13-9)11-4-2-3-10(12)7-11;/h6-10,15-16,18,26H,11-14,17H2,1-5H3;9-10,13H,11-12H2,1-8H3;2-4,7,9,13H,5-6,8H2,1H3;1H/t18-;;9-;/m0.1./s1. The van der Waals surface area contributed by atoms with E-state index in [1.165, 1.54) is 70.4 Å². The molecule has 2 aliphatic carbocycles. The minimum absolute atomic E-state index is 0. The number of benzene rings is 4. The van der Waals surface area contributed by atoms with Gasteiger partial charge in [-0.3, -0.25) is 0 Å². The van der Waals surface area contributed by atoms with Gasteiger partial charge in [-0.15, -0.1) is 12.4 Å². The summed E-state index contributed by atoms with van der Waals surface area (Å²) in [6.45, 7) is 38.3. The zero-order chi connectivity index (χ0) is 46.5. The van der Waals surface area contributed by atoms with E-state index in [0.717, 1.165) is 49.8 Å². The van der Waals surface area contributed by atoms with Crippen molar-refractivity contribution in [3.63, 3.8) is 0 Å². The number of nitrogens with one attached hydrogen (secondary N) is 2. The Hall–Kier alpha value is -3.04. The lowest BCUT2D eigenvalue weighted by molar-refractivity contribution is 0.00578. The second-order valence-corrected chi connectivity index (χ2v) is 23.8. The molecular weight excluding hydrogens is 842 g/mol. The Balaban J connectivity index is 0.000000168. The van der Waals surface area contributed by atoms with Gasteiger partial charge in [0, 0.05) is 67.7 Å². The molecule has 0 unspecified atom stereocenters. The number of piperazine rings is 2. The van der Waals surface area contributed by atoms with Crippen molar-refractivity contribution in [3.05, 3.63) is 112 Å². The summed E-state index contributed by atoms with van der Waals surface area (Å²) in [6, 6.07) is 32.3. The van der Waals surface area contributed by atoms with Crippen molar-refractivity contribution in [1.82, 2.24) is 10.6 Å². The molecule has 4 aromatic carbocycles. The molecule has 5 aliphatic rings. The van der Waals surface area contributed by atoms with Crippen LogP contribution in [0.4, 0.5) is 11.4 Å². The van der Waals surface area contributed by atoms with Crippen LogP contribution in [-0.2, 0) is 31.0 Å². The Morgan fingerprint density at radius 3 is 1.45 bits per heavy atom. The first kappa shape index (κ1) is 51.4. The molecule has 65 heavy (non-hydrogen) atoms. The Morgan fingerprint density at radius 1 is 0.523 bits per heavy atom. The van der Waals surface area contributed by atoms with Crippen molar-refractivity contribution in [1.29, 1.82) is 0 Å². The molecule has 2 atom stereocenters. The van der Waals surface area contributed by atoms with E-state index < -0.39 is 0 Å². The third kappa shape index (κ3) is 11.5. The van der Waals surface area contributed by atoms with Crippen LogP contribution in [0.5, 0.6) is 0 Å². The lowest BCUT2D eigenvalue weighted by Crippen LogP contribution is -2.49. The maximum Gasteiger partial charge on any atom is 0.494 e. The quantitative estimate of drug-likeness (QED) is 0.199. The zero-order valence-electron chi connectivity index (χ0n) is 42.4. The summed E-state index contributed by atoms with van der Waals surface area (Å²) < 4.78 is 12.5. The summed E-state index contributed by atoms with van der Waals surface area (Å²) in [5.74, 6) is 0. The number of anilines is 2. The van der Waals surface area contributed by atoms with E-state index in [9.17, 15) is 0 Å². The molecule has 9 rings (SSSR count). The summed E-state index contributed by atoms with van der Waals surface area (Å²) in [5.41, 5.74) is 12.8. The van der Waals surface area contributed by atoms with E-state index in [0.29, 0.717) is 12.1 Å². The van der Waals surface area contributed by atoms with Gasteiger partial charge >= 0.3 is 7.12 Å². The predicted octanol–water partition coefficient (Wildman–Crippen LogP) is 12.4. The molecule has 0 aromatic heterocycles. The minimum atomic E-state index is -0.289. The Labute approximate surface area is 405 Å².